The van der Waals surface area contributed by atoms with Gasteiger partial charge in [0.05, 0.1) is 12.6 Å². The van der Waals surface area contributed by atoms with E-state index in [2.05, 4.69) is 15.4 Å². The van der Waals surface area contributed by atoms with E-state index in [0.717, 1.165) is 11.1 Å². The van der Waals surface area contributed by atoms with E-state index in [4.69, 9.17) is 0 Å². The van der Waals surface area contributed by atoms with Crippen molar-refractivity contribution in [2.24, 2.45) is 0 Å². The highest BCUT2D eigenvalue weighted by Gasteiger charge is 2.19. The Hall–Kier alpha value is -3.93. The Morgan fingerprint density at radius 1 is 0.966 bits per heavy atom. The summed E-state index contributed by atoms with van der Waals surface area (Å²) in [5.41, 5.74) is 2.15. The van der Waals surface area contributed by atoms with Gasteiger partial charge in [0.15, 0.2) is 0 Å². The van der Waals surface area contributed by atoms with Crippen LogP contribution in [0.4, 0.5) is 0 Å². The van der Waals surface area contributed by atoms with Gasteiger partial charge in [-0.05, 0) is 29.3 Å². The van der Waals surface area contributed by atoms with Crippen molar-refractivity contribution in [3.8, 4) is 11.3 Å². The van der Waals surface area contributed by atoms with Gasteiger partial charge in [0.1, 0.15) is 5.56 Å². The third kappa shape index (κ3) is 4.32. The maximum Gasteiger partial charge on any atom is 0.261 e. The van der Waals surface area contributed by atoms with Gasteiger partial charge < -0.3 is 10.3 Å². The van der Waals surface area contributed by atoms with Crippen LogP contribution in [0.15, 0.2) is 96.1 Å². The Kier molecular flexibility index (Phi) is 5.33. The maximum atomic E-state index is 12.9. The molecule has 29 heavy (non-hydrogen) atoms. The first-order valence-corrected chi connectivity index (χ1v) is 9.33. The van der Waals surface area contributed by atoms with Crippen LogP contribution in [-0.2, 0) is 6.54 Å². The van der Waals surface area contributed by atoms with Gasteiger partial charge in [-0.25, -0.2) is 0 Å². The third-order valence-corrected chi connectivity index (χ3v) is 4.68. The number of hydrogen-bond donors (Lipinski definition) is 2. The van der Waals surface area contributed by atoms with Gasteiger partial charge in [-0.3, -0.25) is 14.3 Å². The summed E-state index contributed by atoms with van der Waals surface area (Å²) < 4.78 is 1.75. The van der Waals surface area contributed by atoms with E-state index in [9.17, 15) is 9.59 Å². The van der Waals surface area contributed by atoms with E-state index >= 15 is 0 Å². The van der Waals surface area contributed by atoms with Crippen molar-refractivity contribution in [2.45, 2.75) is 12.6 Å². The second-order valence-corrected chi connectivity index (χ2v) is 6.65. The topological polar surface area (TPSA) is 79.8 Å². The molecule has 0 unspecified atom stereocenters. The Labute approximate surface area is 167 Å². The van der Waals surface area contributed by atoms with E-state index in [1.165, 1.54) is 0 Å². The molecule has 2 aromatic heterocycles. The van der Waals surface area contributed by atoms with Crippen LogP contribution in [0.2, 0.25) is 0 Å². The lowest BCUT2D eigenvalue weighted by molar-refractivity contribution is 0.0930. The van der Waals surface area contributed by atoms with Crippen molar-refractivity contribution in [3.05, 3.63) is 113 Å². The van der Waals surface area contributed by atoms with Crippen molar-refractivity contribution >= 4 is 5.91 Å². The van der Waals surface area contributed by atoms with Crippen molar-refractivity contribution in [3.63, 3.8) is 0 Å². The van der Waals surface area contributed by atoms with Crippen LogP contribution >= 0.6 is 0 Å². The summed E-state index contributed by atoms with van der Waals surface area (Å²) in [5, 5.41) is 7.19. The summed E-state index contributed by atoms with van der Waals surface area (Å²) in [7, 11) is 0. The molecule has 2 heterocycles. The zero-order valence-corrected chi connectivity index (χ0v) is 15.7. The lowest BCUT2D eigenvalue weighted by atomic mass is 10.1. The summed E-state index contributed by atoms with van der Waals surface area (Å²) in [6, 6.07) is 24.0. The first-order valence-electron chi connectivity index (χ1n) is 9.33. The fourth-order valence-corrected chi connectivity index (χ4v) is 3.19. The molecule has 4 rings (SSSR count). The van der Waals surface area contributed by atoms with Crippen LogP contribution in [-0.4, -0.2) is 20.7 Å². The van der Waals surface area contributed by atoms with E-state index < -0.39 is 11.5 Å². The molecular formula is C23H20N4O2. The van der Waals surface area contributed by atoms with E-state index in [1.54, 1.807) is 23.0 Å². The molecule has 1 atom stereocenters. The summed E-state index contributed by atoms with van der Waals surface area (Å²) >= 11 is 0. The normalized spacial score (nSPS) is 11.7. The molecule has 1 amide bonds. The number of H-pyrrole nitrogens is 1. The van der Waals surface area contributed by atoms with E-state index in [1.807, 2.05) is 72.9 Å². The zero-order chi connectivity index (χ0) is 20.1. The highest BCUT2D eigenvalue weighted by Crippen LogP contribution is 2.17. The lowest BCUT2D eigenvalue weighted by Gasteiger charge is -2.19. The molecule has 0 saturated heterocycles. The molecule has 4 aromatic rings. The van der Waals surface area contributed by atoms with Crippen LogP contribution < -0.4 is 10.9 Å². The van der Waals surface area contributed by atoms with Gasteiger partial charge >= 0.3 is 0 Å². The number of carbonyl (C=O) groups excluding carboxylic acids is 1. The fraction of sp³-hybridized carbons (Fsp3) is 0.0870. The molecule has 2 N–H and O–H groups in total. The van der Waals surface area contributed by atoms with Gasteiger partial charge in [-0.2, -0.15) is 5.10 Å². The molecule has 0 aliphatic rings. The minimum atomic E-state index is -0.424. The van der Waals surface area contributed by atoms with Gasteiger partial charge in [-0.15, -0.1) is 0 Å². The first-order chi connectivity index (χ1) is 14.2. The van der Waals surface area contributed by atoms with Crippen LogP contribution in [0.3, 0.4) is 0 Å². The zero-order valence-electron chi connectivity index (χ0n) is 15.7. The Bertz CT molecular complexity index is 1140. The fourth-order valence-electron chi connectivity index (χ4n) is 3.19. The van der Waals surface area contributed by atoms with Crippen LogP contribution in [0.1, 0.15) is 22.0 Å². The number of rotatable bonds is 6. The molecule has 144 valence electrons. The van der Waals surface area contributed by atoms with Crippen molar-refractivity contribution in [2.75, 3.05) is 0 Å². The molecule has 6 heteroatoms. The number of benzene rings is 2. The molecule has 2 aromatic carbocycles. The Morgan fingerprint density at radius 3 is 2.34 bits per heavy atom. The second kappa shape index (κ2) is 8.39. The average Bonchev–Trinajstić information content (AvgIpc) is 3.27. The molecule has 6 nitrogen and oxygen atoms in total. The SMILES string of the molecule is O=C(N[C@@H](Cn1cccn1)c1ccccc1)c1ccc(-c2ccccc2)[nH]c1=O. The van der Waals surface area contributed by atoms with Crippen molar-refractivity contribution < 1.29 is 4.79 Å². The van der Waals surface area contributed by atoms with Gasteiger partial charge in [-0.1, -0.05) is 60.7 Å². The molecule has 0 bridgehead atoms. The number of amides is 1. The number of aromatic amines is 1. The number of nitrogens with zero attached hydrogens (tertiary/aromatic N) is 2. The Balaban J connectivity index is 1.58. The number of carbonyl (C=O) groups is 1. The van der Waals surface area contributed by atoms with Gasteiger partial charge in [0.2, 0.25) is 0 Å². The summed E-state index contributed by atoms with van der Waals surface area (Å²) in [6.45, 7) is 0.461. The third-order valence-electron chi connectivity index (χ3n) is 4.68. The molecule has 0 aliphatic heterocycles. The number of aromatic nitrogens is 3. The monoisotopic (exact) mass is 384 g/mol. The van der Waals surface area contributed by atoms with Crippen LogP contribution in [0, 0.1) is 0 Å². The van der Waals surface area contributed by atoms with Crippen molar-refractivity contribution in [1.82, 2.24) is 20.1 Å². The van der Waals surface area contributed by atoms with Gasteiger partial charge in [0.25, 0.3) is 11.5 Å². The first kappa shape index (κ1) is 18.4. The molecule has 0 saturated carbocycles. The lowest BCUT2D eigenvalue weighted by Crippen LogP contribution is -2.35. The van der Waals surface area contributed by atoms with E-state index in [0.29, 0.717) is 12.2 Å². The highest BCUT2D eigenvalue weighted by molar-refractivity contribution is 5.94. The smallest absolute Gasteiger partial charge is 0.261 e. The number of pyridine rings is 1. The number of hydrogen-bond acceptors (Lipinski definition) is 3. The minimum absolute atomic E-state index is 0.0751. The summed E-state index contributed by atoms with van der Waals surface area (Å²) in [6.07, 6.45) is 3.53. The summed E-state index contributed by atoms with van der Waals surface area (Å²) in [4.78, 5) is 28.2. The molecule has 0 spiro atoms. The second-order valence-electron chi connectivity index (χ2n) is 6.65. The quantitative estimate of drug-likeness (QED) is 0.535. The Morgan fingerprint density at radius 2 is 1.69 bits per heavy atom. The summed E-state index contributed by atoms with van der Waals surface area (Å²) in [5.74, 6) is -0.424. The molecule has 0 radical (unpaired) electrons. The maximum absolute atomic E-state index is 12.9. The molecule has 0 fully saturated rings. The predicted octanol–water partition coefficient (Wildman–Crippen LogP) is 3.41. The minimum Gasteiger partial charge on any atom is -0.343 e. The molecular weight excluding hydrogens is 364 g/mol. The van der Waals surface area contributed by atoms with Crippen LogP contribution in [0.25, 0.3) is 11.3 Å². The average molecular weight is 384 g/mol. The predicted molar refractivity (Wildman–Crippen MR) is 111 cm³/mol. The van der Waals surface area contributed by atoms with Crippen molar-refractivity contribution in [1.29, 1.82) is 0 Å². The number of nitrogens with one attached hydrogen (secondary N) is 2. The van der Waals surface area contributed by atoms with Crippen LogP contribution in [0.5, 0.6) is 0 Å². The highest BCUT2D eigenvalue weighted by atomic mass is 16.2. The molecule has 0 aliphatic carbocycles. The standard InChI is InChI=1S/C23H20N4O2/c28-22-19(12-13-20(25-22)17-8-3-1-4-9-17)23(29)26-21(16-27-15-7-14-24-27)18-10-5-2-6-11-18/h1-15,21H,16H2,(H,25,28)(H,26,29)/t21-/m0/s1. The largest absolute Gasteiger partial charge is 0.343 e. The van der Waals surface area contributed by atoms with E-state index in [-0.39, 0.29) is 11.6 Å². The van der Waals surface area contributed by atoms with Gasteiger partial charge in [0, 0.05) is 18.1 Å².